The van der Waals surface area contributed by atoms with Crippen LogP contribution in [0.25, 0.3) is 0 Å². The van der Waals surface area contributed by atoms with Gasteiger partial charge in [0, 0.05) is 35.7 Å². The van der Waals surface area contributed by atoms with E-state index in [1.54, 1.807) is 6.20 Å². The second-order valence-corrected chi connectivity index (χ2v) is 9.53. The van der Waals surface area contributed by atoms with Crippen LogP contribution in [-0.4, -0.2) is 20.6 Å². The van der Waals surface area contributed by atoms with E-state index in [-0.39, 0.29) is 30.0 Å². The minimum atomic E-state index is -0.136. The highest BCUT2D eigenvalue weighted by atomic mass is 35.5. The number of aromatic nitrogens is 2. The van der Waals surface area contributed by atoms with Crippen LogP contribution in [0.5, 0.6) is 0 Å². The van der Waals surface area contributed by atoms with Gasteiger partial charge in [-0.25, -0.2) is 0 Å². The highest BCUT2D eigenvalue weighted by Crippen LogP contribution is 2.43. The summed E-state index contributed by atoms with van der Waals surface area (Å²) < 4.78 is 2.25. The molecule has 6 nitrogen and oxygen atoms in total. The number of halogens is 1. The average Bonchev–Trinajstić information content (AvgIpc) is 3.40. The van der Waals surface area contributed by atoms with E-state index < -0.39 is 0 Å². The van der Waals surface area contributed by atoms with Crippen molar-refractivity contribution in [2.75, 3.05) is 10.2 Å². The Bertz CT molecular complexity index is 1160. The van der Waals surface area contributed by atoms with Gasteiger partial charge in [-0.3, -0.25) is 9.78 Å². The van der Waals surface area contributed by atoms with E-state index in [2.05, 4.69) is 57.3 Å². The first-order valence-electron chi connectivity index (χ1n) is 11.1. The molecule has 1 aliphatic rings. The van der Waals surface area contributed by atoms with Crippen LogP contribution in [0, 0.1) is 5.92 Å². The lowest BCUT2D eigenvalue weighted by Crippen LogP contribution is -2.30. The quantitative estimate of drug-likeness (QED) is 0.430. The molecule has 2 N–H and O–H groups in total. The molecular formula is C25H28ClN5OS. The van der Waals surface area contributed by atoms with Crippen molar-refractivity contribution < 1.29 is 4.79 Å². The number of pyridine rings is 1. The first kappa shape index (κ1) is 23.3. The van der Waals surface area contributed by atoms with E-state index in [1.807, 2.05) is 50.2 Å². The molecule has 3 heterocycles. The summed E-state index contributed by atoms with van der Waals surface area (Å²) in [7, 11) is 0. The Morgan fingerprint density at radius 1 is 1.15 bits per heavy atom. The van der Waals surface area contributed by atoms with Gasteiger partial charge in [0.15, 0.2) is 5.11 Å². The molecule has 0 radical (unpaired) electrons. The highest BCUT2D eigenvalue weighted by molar-refractivity contribution is 7.80. The van der Waals surface area contributed by atoms with Crippen LogP contribution in [-0.2, 0) is 4.79 Å². The molecular weight excluding hydrogens is 454 g/mol. The van der Waals surface area contributed by atoms with Gasteiger partial charge in [-0.05, 0) is 68.5 Å². The summed E-state index contributed by atoms with van der Waals surface area (Å²) in [6.07, 6.45) is 3.89. The Morgan fingerprint density at radius 2 is 1.94 bits per heavy atom. The molecule has 3 aromatic rings. The van der Waals surface area contributed by atoms with Gasteiger partial charge in [-0.2, -0.15) is 0 Å². The minimum absolute atomic E-state index is 0.0779. The number of carbonyl (C=O) groups excluding carboxylic acids is 1. The topological polar surface area (TPSA) is 62.2 Å². The predicted molar refractivity (Wildman–Crippen MR) is 138 cm³/mol. The lowest BCUT2D eigenvalue weighted by Gasteiger charge is -2.30. The molecule has 33 heavy (non-hydrogen) atoms. The van der Waals surface area contributed by atoms with Crippen molar-refractivity contribution in [2.45, 2.75) is 45.8 Å². The van der Waals surface area contributed by atoms with E-state index in [1.165, 1.54) is 0 Å². The Balaban J connectivity index is 1.77. The van der Waals surface area contributed by atoms with E-state index in [4.69, 9.17) is 23.8 Å². The number of carbonyl (C=O) groups is 1. The maximum Gasteiger partial charge on any atom is 0.226 e. The number of benzene rings is 1. The number of rotatable bonds is 6. The fraction of sp³-hybridized carbons (Fsp3) is 0.320. The van der Waals surface area contributed by atoms with Crippen molar-refractivity contribution in [3.8, 4) is 0 Å². The van der Waals surface area contributed by atoms with Crippen molar-refractivity contribution in [1.82, 2.24) is 14.9 Å². The van der Waals surface area contributed by atoms with Crippen molar-refractivity contribution in [2.24, 2.45) is 5.92 Å². The second kappa shape index (κ2) is 9.53. The predicted octanol–water partition coefficient (Wildman–Crippen LogP) is 5.89. The SMILES string of the molecule is CC(C)C(=O)Nc1ccc(N2C(=S)N[C@H](c3ccccn3)[C@H]2c2cccn2C(C)C)cc1Cl. The molecule has 2 atom stereocenters. The molecule has 1 fully saturated rings. The number of nitrogens with one attached hydrogen (secondary N) is 2. The van der Waals surface area contributed by atoms with E-state index in [0.29, 0.717) is 15.8 Å². The average molecular weight is 482 g/mol. The normalized spacial score (nSPS) is 18.2. The van der Waals surface area contributed by atoms with Gasteiger partial charge in [-0.1, -0.05) is 31.5 Å². The van der Waals surface area contributed by atoms with E-state index in [0.717, 1.165) is 17.1 Å². The van der Waals surface area contributed by atoms with E-state index >= 15 is 0 Å². The summed E-state index contributed by atoms with van der Waals surface area (Å²) in [5.41, 5.74) is 3.47. The summed E-state index contributed by atoms with van der Waals surface area (Å²) in [5.74, 6) is -0.214. The molecule has 2 aromatic heterocycles. The third kappa shape index (κ3) is 4.61. The van der Waals surface area contributed by atoms with Crippen LogP contribution in [0.4, 0.5) is 11.4 Å². The number of amides is 1. The zero-order valence-corrected chi connectivity index (χ0v) is 20.7. The fourth-order valence-corrected chi connectivity index (χ4v) is 4.66. The maximum absolute atomic E-state index is 12.1. The molecule has 0 saturated carbocycles. The van der Waals surface area contributed by atoms with Gasteiger partial charge in [0.05, 0.1) is 22.4 Å². The van der Waals surface area contributed by atoms with Gasteiger partial charge in [-0.15, -0.1) is 0 Å². The summed E-state index contributed by atoms with van der Waals surface area (Å²) in [6, 6.07) is 15.7. The fourth-order valence-electron chi connectivity index (χ4n) is 4.09. The van der Waals surface area contributed by atoms with Gasteiger partial charge in [0.25, 0.3) is 0 Å². The molecule has 1 amide bonds. The van der Waals surface area contributed by atoms with Crippen molar-refractivity contribution in [3.05, 3.63) is 77.3 Å². The third-order valence-corrected chi connectivity index (χ3v) is 6.41. The summed E-state index contributed by atoms with van der Waals surface area (Å²) >= 11 is 12.4. The van der Waals surface area contributed by atoms with Gasteiger partial charge in [0.1, 0.15) is 6.04 Å². The monoisotopic (exact) mass is 481 g/mol. The number of thiocarbonyl (C=S) groups is 1. The Morgan fingerprint density at radius 3 is 2.58 bits per heavy atom. The molecule has 4 rings (SSSR count). The third-order valence-electron chi connectivity index (χ3n) is 5.78. The van der Waals surface area contributed by atoms with Gasteiger partial charge in [0.2, 0.25) is 5.91 Å². The van der Waals surface area contributed by atoms with Crippen molar-refractivity contribution >= 4 is 46.2 Å². The van der Waals surface area contributed by atoms with Crippen molar-refractivity contribution in [1.29, 1.82) is 0 Å². The summed E-state index contributed by atoms with van der Waals surface area (Å²) in [4.78, 5) is 18.8. The zero-order valence-electron chi connectivity index (χ0n) is 19.1. The Hall–Kier alpha value is -2.90. The molecule has 0 aliphatic carbocycles. The van der Waals surface area contributed by atoms with Crippen LogP contribution in [0.3, 0.4) is 0 Å². The first-order chi connectivity index (χ1) is 15.8. The molecule has 172 valence electrons. The van der Waals surface area contributed by atoms with E-state index in [9.17, 15) is 4.79 Å². The van der Waals surface area contributed by atoms with Crippen LogP contribution < -0.4 is 15.5 Å². The van der Waals surface area contributed by atoms with Crippen LogP contribution in [0.15, 0.2) is 60.9 Å². The molecule has 8 heteroatoms. The van der Waals surface area contributed by atoms with Crippen LogP contribution in [0.2, 0.25) is 5.02 Å². The zero-order chi connectivity index (χ0) is 23.7. The number of hydrogen-bond acceptors (Lipinski definition) is 3. The highest BCUT2D eigenvalue weighted by Gasteiger charge is 2.42. The Labute approximate surface area is 205 Å². The van der Waals surface area contributed by atoms with Crippen molar-refractivity contribution in [3.63, 3.8) is 0 Å². The van der Waals surface area contributed by atoms with Gasteiger partial charge < -0.3 is 20.1 Å². The maximum atomic E-state index is 12.1. The number of hydrogen-bond donors (Lipinski definition) is 2. The molecule has 1 saturated heterocycles. The largest absolute Gasteiger partial charge is 0.351 e. The molecule has 0 bridgehead atoms. The molecule has 0 unspecified atom stereocenters. The smallest absolute Gasteiger partial charge is 0.226 e. The first-order valence-corrected chi connectivity index (χ1v) is 11.8. The number of nitrogens with zero attached hydrogens (tertiary/aromatic N) is 3. The molecule has 0 spiro atoms. The van der Waals surface area contributed by atoms with Gasteiger partial charge >= 0.3 is 0 Å². The standard InChI is InChI=1S/C25H28ClN5OS/c1-15(2)24(32)28-19-11-10-17(14-18(19)26)31-23(21-9-7-13-30(21)16(3)4)22(29-25(31)33)20-8-5-6-12-27-20/h5-16,22-23H,1-4H3,(H,28,32)(H,29,33)/t22-,23-/m1/s1. The minimum Gasteiger partial charge on any atom is -0.351 e. The Kier molecular flexibility index (Phi) is 6.72. The number of anilines is 2. The summed E-state index contributed by atoms with van der Waals surface area (Å²) in [5, 5.41) is 7.42. The lowest BCUT2D eigenvalue weighted by atomic mass is 10.0. The molecule has 1 aliphatic heterocycles. The second-order valence-electron chi connectivity index (χ2n) is 8.74. The lowest BCUT2D eigenvalue weighted by molar-refractivity contribution is -0.118. The van der Waals surface area contributed by atoms with Crippen LogP contribution >= 0.6 is 23.8 Å². The summed E-state index contributed by atoms with van der Waals surface area (Å²) in [6.45, 7) is 8.01. The van der Waals surface area contributed by atoms with Crippen LogP contribution in [0.1, 0.15) is 57.2 Å². The molecule has 1 aromatic carbocycles.